The predicted molar refractivity (Wildman–Crippen MR) is 106 cm³/mol. The summed E-state index contributed by atoms with van der Waals surface area (Å²) in [7, 11) is 2.06. The van der Waals surface area contributed by atoms with Gasteiger partial charge in [0.15, 0.2) is 0 Å². The number of hydrogen-bond acceptors (Lipinski definition) is 5. The molecule has 0 aliphatic carbocycles. The molecule has 0 fully saturated rings. The van der Waals surface area contributed by atoms with E-state index >= 15 is 0 Å². The maximum atomic E-state index is 4.67. The lowest BCUT2D eigenvalue weighted by atomic mass is 10.1. The Balaban J connectivity index is 1.64. The van der Waals surface area contributed by atoms with Crippen LogP contribution in [0.15, 0.2) is 54.9 Å². The van der Waals surface area contributed by atoms with Gasteiger partial charge in [-0.25, -0.2) is 4.98 Å². The van der Waals surface area contributed by atoms with Gasteiger partial charge >= 0.3 is 0 Å². The third kappa shape index (κ3) is 5.02. The highest BCUT2D eigenvalue weighted by atomic mass is 15.2. The van der Waals surface area contributed by atoms with Gasteiger partial charge in [0, 0.05) is 44.3 Å². The van der Waals surface area contributed by atoms with Crippen LogP contribution in [0, 0.1) is 13.8 Å². The molecule has 0 atom stereocenters. The van der Waals surface area contributed by atoms with Crippen molar-refractivity contribution < 1.29 is 0 Å². The van der Waals surface area contributed by atoms with Crippen LogP contribution in [0.1, 0.15) is 22.4 Å². The van der Waals surface area contributed by atoms with Crippen molar-refractivity contribution in [3.63, 3.8) is 0 Å². The van der Waals surface area contributed by atoms with E-state index < -0.39 is 0 Å². The summed E-state index contributed by atoms with van der Waals surface area (Å²) in [5, 5.41) is 3.34. The first kappa shape index (κ1) is 17.9. The first-order chi connectivity index (χ1) is 12.6. The van der Waals surface area contributed by atoms with Crippen molar-refractivity contribution in [1.82, 2.24) is 15.0 Å². The van der Waals surface area contributed by atoms with Crippen LogP contribution >= 0.6 is 0 Å². The summed E-state index contributed by atoms with van der Waals surface area (Å²) in [6, 6.07) is 14.6. The zero-order valence-corrected chi connectivity index (χ0v) is 15.6. The number of benzene rings is 1. The minimum absolute atomic E-state index is 0.664. The molecular formula is C21H25N5. The fraction of sp³-hybridized carbons (Fsp3) is 0.286. The Labute approximate surface area is 155 Å². The Bertz CT molecular complexity index is 848. The molecule has 0 saturated heterocycles. The van der Waals surface area contributed by atoms with Crippen molar-refractivity contribution in [3.8, 4) is 0 Å². The molecule has 1 N–H and O–H groups in total. The van der Waals surface area contributed by atoms with Crippen LogP contribution < -0.4 is 10.2 Å². The fourth-order valence-electron chi connectivity index (χ4n) is 2.79. The second kappa shape index (κ2) is 8.43. The van der Waals surface area contributed by atoms with Gasteiger partial charge in [-0.3, -0.25) is 4.98 Å². The molecule has 0 bridgehead atoms. The van der Waals surface area contributed by atoms with Crippen molar-refractivity contribution in [2.45, 2.75) is 26.8 Å². The highest BCUT2D eigenvalue weighted by Gasteiger charge is 2.07. The van der Waals surface area contributed by atoms with Gasteiger partial charge in [-0.15, -0.1) is 0 Å². The predicted octanol–water partition coefficient (Wildman–Crippen LogP) is 3.78. The SMILES string of the molecule is Cc1cccc(CNc2nc(C)cc(N(C)CCc3ccncc3)n2)c1. The first-order valence-corrected chi connectivity index (χ1v) is 8.85. The van der Waals surface area contributed by atoms with Crippen LogP contribution in [0.4, 0.5) is 11.8 Å². The van der Waals surface area contributed by atoms with Crippen LogP contribution in [0.3, 0.4) is 0 Å². The van der Waals surface area contributed by atoms with E-state index in [-0.39, 0.29) is 0 Å². The van der Waals surface area contributed by atoms with Crippen LogP contribution in [0.25, 0.3) is 0 Å². The van der Waals surface area contributed by atoms with Gasteiger partial charge in [0.05, 0.1) is 0 Å². The molecule has 134 valence electrons. The molecule has 0 radical (unpaired) electrons. The third-order valence-corrected chi connectivity index (χ3v) is 4.25. The van der Waals surface area contributed by atoms with Gasteiger partial charge in [-0.2, -0.15) is 4.98 Å². The van der Waals surface area contributed by atoms with E-state index in [1.165, 1.54) is 16.7 Å². The molecule has 2 heterocycles. The largest absolute Gasteiger partial charge is 0.359 e. The number of aromatic nitrogens is 3. The normalized spacial score (nSPS) is 10.6. The summed E-state index contributed by atoms with van der Waals surface area (Å²) in [4.78, 5) is 15.4. The van der Waals surface area contributed by atoms with E-state index in [1.54, 1.807) is 0 Å². The van der Waals surface area contributed by atoms with Gasteiger partial charge in [0.1, 0.15) is 5.82 Å². The van der Waals surface area contributed by atoms with Crippen LogP contribution in [0.5, 0.6) is 0 Å². The van der Waals surface area contributed by atoms with Crippen molar-refractivity contribution in [1.29, 1.82) is 0 Å². The lowest BCUT2D eigenvalue weighted by molar-refractivity contribution is 0.850. The molecule has 26 heavy (non-hydrogen) atoms. The van der Waals surface area contributed by atoms with Crippen molar-refractivity contribution in [2.24, 2.45) is 0 Å². The Kier molecular flexibility index (Phi) is 5.79. The van der Waals surface area contributed by atoms with E-state index in [4.69, 9.17) is 0 Å². The van der Waals surface area contributed by atoms with Gasteiger partial charge in [-0.05, 0) is 43.5 Å². The van der Waals surface area contributed by atoms with E-state index in [1.807, 2.05) is 37.5 Å². The van der Waals surface area contributed by atoms with E-state index in [0.717, 1.165) is 24.5 Å². The number of pyridine rings is 1. The number of anilines is 2. The van der Waals surface area contributed by atoms with Gasteiger partial charge < -0.3 is 10.2 Å². The third-order valence-electron chi connectivity index (χ3n) is 4.25. The summed E-state index contributed by atoms with van der Waals surface area (Å²) < 4.78 is 0. The minimum atomic E-state index is 0.664. The number of rotatable bonds is 7. The smallest absolute Gasteiger partial charge is 0.225 e. The molecule has 0 unspecified atom stereocenters. The number of likely N-dealkylation sites (N-methyl/N-ethyl adjacent to an activating group) is 1. The summed E-state index contributed by atoms with van der Waals surface area (Å²) >= 11 is 0. The quantitative estimate of drug-likeness (QED) is 0.705. The van der Waals surface area contributed by atoms with Crippen molar-refractivity contribution in [2.75, 3.05) is 23.8 Å². The Morgan fingerprint density at radius 3 is 2.54 bits per heavy atom. The fourth-order valence-corrected chi connectivity index (χ4v) is 2.79. The van der Waals surface area contributed by atoms with Crippen LogP contribution in [-0.2, 0) is 13.0 Å². The molecule has 5 heteroatoms. The molecular weight excluding hydrogens is 322 g/mol. The minimum Gasteiger partial charge on any atom is -0.359 e. The van der Waals surface area contributed by atoms with E-state index in [0.29, 0.717) is 12.5 Å². The maximum Gasteiger partial charge on any atom is 0.225 e. The zero-order valence-electron chi connectivity index (χ0n) is 15.6. The van der Waals surface area contributed by atoms with Gasteiger partial charge in [0.25, 0.3) is 0 Å². The number of nitrogens with zero attached hydrogens (tertiary/aromatic N) is 4. The first-order valence-electron chi connectivity index (χ1n) is 8.85. The molecule has 0 spiro atoms. The average Bonchev–Trinajstić information content (AvgIpc) is 2.65. The molecule has 3 rings (SSSR count). The second-order valence-electron chi connectivity index (χ2n) is 6.56. The monoisotopic (exact) mass is 347 g/mol. The summed E-state index contributed by atoms with van der Waals surface area (Å²) in [5.41, 5.74) is 4.71. The molecule has 0 saturated carbocycles. The van der Waals surface area contributed by atoms with Crippen LogP contribution in [-0.4, -0.2) is 28.5 Å². The van der Waals surface area contributed by atoms with E-state index in [2.05, 4.69) is 63.4 Å². The highest BCUT2D eigenvalue weighted by Crippen LogP contribution is 2.15. The standard InChI is InChI=1S/C21H25N5/c1-16-5-4-6-19(13-16)15-23-21-24-17(2)14-20(25-21)26(3)12-9-18-7-10-22-11-8-18/h4-8,10-11,13-14H,9,12,15H2,1-3H3,(H,23,24,25). The van der Waals surface area contributed by atoms with Crippen molar-refractivity contribution >= 4 is 11.8 Å². The van der Waals surface area contributed by atoms with E-state index in [9.17, 15) is 0 Å². The summed E-state index contributed by atoms with van der Waals surface area (Å²) in [6.07, 6.45) is 4.61. The zero-order chi connectivity index (χ0) is 18.4. The lowest BCUT2D eigenvalue weighted by Crippen LogP contribution is -2.22. The summed E-state index contributed by atoms with van der Waals surface area (Å²) in [6.45, 7) is 5.70. The van der Waals surface area contributed by atoms with Gasteiger partial charge in [-0.1, -0.05) is 29.8 Å². The molecule has 2 aromatic heterocycles. The summed E-state index contributed by atoms with van der Waals surface area (Å²) in [5.74, 6) is 1.59. The Morgan fingerprint density at radius 1 is 0.962 bits per heavy atom. The second-order valence-corrected chi connectivity index (χ2v) is 6.56. The van der Waals surface area contributed by atoms with Gasteiger partial charge in [0.2, 0.25) is 5.95 Å². The molecule has 0 aliphatic rings. The number of nitrogens with one attached hydrogen (secondary N) is 1. The van der Waals surface area contributed by atoms with Crippen LogP contribution in [0.2, 0.25) is 0 Å². The molecule has 1 aromatic carbocycles. The Hall–Kier alpha value is -2.95. The molecule has 0 aliphatic heterocycles. The highest BCUT2D eigenvalue weighted by molar-refractivity contribution is 5.44. The molecule has 3 aromatic rings. The lowest BCUT2D eigenvalue weighted by Gasteiger charge is -2.19. The average molecular weight is 347 g/mol. The number of hydrogen-bond donors (Lipinski definition) is 1. The molecule has 0 amide bonds. The van der Waals surface area contributed by atoms with Crippen molar-refractivity contribution in [3.05, 3.63) is 77.2 Å². The topological polar surface area (TPSA) is 53.9 Å². The maximum absolute atomic E-state index is 4.67. The Morgan fingerprint density at radius 2 is 1.77 bits per heavy atom. The molecule has 5 nitrogen and oxygen atoms in total. The number of aryl methyl sites for hydroxylation is 2.